The summed E-state index contributed by atoms with van der Waals surface area (Å²) in [6.45, 7) is 12.2. The number of alkyl halides is 3. The van der Waals surface area contributed by atoms with Crippen LogP contribution in [0.3, 0.4) is 0 Å². The van der Waals surface area contributed by atoms with Crippen molar-refractivity contribution in [1.82, 2.24) is 4.83 Å². The van der Waals surface area contributed by atoms with Gasteiger partial charge in [0.15, 0.2) is 0 Å². The number of aldehydes is 1. The van der Waals surface area contributed by atoms with Gasteiger partial charge >= 0.3 is 6.18 Å². The molecule has 0 unspecified atom stereocenters. The molecule has 5 nitrogen and oxygen atoms in total. The third-order valence-corrected chi connectivity index (χ3v) is 6.20. The van der Waals surface area contributed by atoms with E-state index in [0.717, 1.165) is 41.0 Å². The van der Waals surface area contributed by atoms with Gasteiger partial charge in [0.2, 0.25) is 0 Å². The van der Waals surface area contributed by atoms with E-state index in [1.165, 1.54) is 0 Å². The summed E-state index contributed by atoms with van der Waals surface area (Å²) in [5.41, 5.74) is 2.32. The molecule has 0 radical (unpaired) electrons. The molecule has 178 valence electrons. The van der Waals surface area contributed by atoms with Crippen LogP contribution in [0, 0.1) is 0 Å². The van der Waals surface area contributed by atoms with E-state index in [9.17, 15) is 26.4 Å². The Kier molecular flexibility index (Phi) is 9.62. The molecular formula is C23H31F3N2O3S. The number of nitrogens with one attached hydrogen (secondary N) is 1. The van der Waals surface area contributed by atoms with E-state index in [1.54, 1.807) is 0 Å². The number of hydrogen-bond acceptors (Lipinski definition) is 4. The molecule has 0 spiro atoms. The highest BCUT2D eigenvalue weighted by molar-refractivity contribution is 7.89. The number of hydrogen-bond donors (Lipinski definition) is 2. The first kappa shape index (κ1) is 27.8. The zero-order valence-electron chi connectivity index (χ0n) is 19.1. The lowest BCUT2D eigenvalue weighted by Crippen LogP contribution is -2.32. The predicted octanol–water partition coefficient (Wildman–Crippen LogP) is 5.73. The van der Waals surface area contributed by atoms with Crippen LogP contribution in [0.1, 0.15) is 91.9 Å². The molecule has 2 aromatic rings. The van der Waals surface area contributed by atoms with Crippen LogP contribution < -0.4 is 10.7 Å². The highest BCUT2D eigenvalue weighted by atomic mass is 32.2. The summed E-state index contributed by atoms with van der Waals surface area (Å²) in [6.07, 6.45) is -3.83. The minimum atomic E-state index is -4.33. The molecule has 2 rings (SSSR count). The molecule has 2 aromatic carbocycles. The van der Waals surface area contributed by atoms with Crippen LogP contribution in [0.5, 0.6) is 0 Å². The molecule has 9 heteroatoms. The highest BCUT2D eigenvalue weighted by Crippen LogP contribution is 2.34. The van der Waals surface area contributed by atoms with Crippen LogP contribution in [0.2, 0.25) is 0 Å². The Hall–Kier alpha value is -2.23. The van der Waals surface area contributed by atoms with Crippen molar-refractivity contribution in [3.63, 3.8) is 0 Å². The third-order valence-electron chi connectivity index (χ3n) is 4.88. The van der Waals surface area contributed by atoms with Gasteiger partial charge in [0.1, 0.15) is 6.29 Å². The lowest BCUT2D eigenvalue weighted by atomic mass is 9.89. The Morgan fingerprint density at radius 1 is 0.875 bits per heavy atom. The quantitative estimate of drug-likeness (QED) is 0.319. The Morgan fingerprint density at radius 2 is 1.31 bits per heavy atom. The molecule has 32 heavy (non-hydrogen) atoms. The summed E-state index contributed by atoms with van der Waals surface area (Å²) in [7, 11) is -3.66. The van der Waals surface area contributed by atoms with E-state index in [2.05, 4.69) is 13.8 Å². The minimum absolute atomic E-state index is 0.115. The van der Waals surface area contributed by atoms with Gasteiger partial charge in [0.25, 0.3) is 10.0 Å². The van der Waals surface area contributed by atoms with Crippen LogP contribution in [0.15, 0.2) is 41.3 Å². The fourth-order valence-corrected chi connectivity index (χ4v) is 4.34. The van der Waals surface area contributed by atoms with E-state index in [-0.39, 0.29) is 17.4 Å². The molecule has 0 atom stereocenters. The summed E-state index contributed by atoms with van der Waals surface area (Å²) in [4.78, 5) is 12.4. The van der Waals surface area contributed by atoms with Crippen LogP contribution in [-0.4, -0.2) is 14.7 Å². The first-order valence-electron chi connectivity index (χ1n) is 10.2. The monoisotopic (exact) mass is 472 g/mol. The average Bonchev–Trinajstić information content (AvgIpc) is 2.72. The Labute approximate surface area is 188 Å². The van der Waals surface area contributed by atoms with Crippen molar-refractivity contribution in [2.75, 3.05) is 0 Å². The lowest BCUT2D eigenvalue weighted by molar-refractivity contribution is -0.137. The largest absolute Gasteiger partial charge is 0.416 e. The van der Waals surface area contributed by atoms with Gasteiger partial charge in [0.05, 0.1) is 10.5 Å². The second kappa shape index (κ2) is 11.1. The zero-order valence-corrected chi connectivity index (χ0v) is 19.9. The minimum Gasteiger partial charge on any atom is -0.298 e. The Balaban J connectivity index is 0.000000363. The maximum absolute atomic E-state index is 12.3. The van der Waals surface area contributed by atoms with E-state index >= 15 is 0 Å². The molecule has 3 N–H and O–H groups in total. The maximum atomic E-state index is 12.3. The molecule has 0 bridgehead atoms. The molecule has 0 aliphatic rings. The fraction of sp³-hybridized carbons (Fsp3) is 0.435. The van der Waals surface area contributed by atoms with Gasteiger partial charge in [0, 0.05) is 5.56 Å². The number of benzene rings is 2. The van der Waals surface area contributed by atoms with Crippen molar-refractivity contribution in [1.29, 1.82) is 0 Å². The summed E-state index contributed by atoms with van der Waals surface area (Å²) < 4.78 is 60.4. The van der Waals surface area contributed by atoms with Crippen molar-refractivity contribution in [3.05, 3.63) is 64.2 Å². The van der Waals surface area contributed by atoms with Gasteiger partial charge in [-0.15, -0.1) is 0 Å². The average molecular weight is 473 g/mol. The summed E-state index contributed by atoms with van der Waals surface area (Å²) in [5, 5.41) is 0. The fourth-order valence-electron chi connectivity index (χ4n) is 3.01. The topological polar surface area (TPSA) is 89.3 Å². The smallest absolute Gasteiger partial charge is 0.298 e. The number of hydrazine groups is 1. The van der Waals surface area contributed by atoms with Crippen LogP contribution >= 0.6 is 0 Å². The molecule has 0 aliphatic carbocycles. The van der Waals surface area contributed by atoms with Gasteiger partial charge in [-0.3, -0.25) is 10.6 Å². The van der Waals surface area contributed by atoms with Crippen molar-refractivity contribution < 1.29 is 26.4 Å². The molecule has 0 amide bonds. The SMILES string of the molecule is CC(C)c1cc(C(C)C)c(S(=O)(=O)NN)c(C(C)C)c1.O=Cc1ccc(C(F)(F)F)cc1. The number of carbonyl (C=O) groups excluding carboxylic acids is 1. The third kappa shape index (κ3) is 7.15. The number of carbonyl (C=O) groups is 1. The molecule has 0 aliphatic heterocycles. The molecule has 0 fully saturated rings. The van der Waals surface area contributed by atoms with Crippen molar-refractivity contribution in [3.8, 4) is 0 Å². The van der Waals surface area contributed by atoms with Gasteiger partial charge in [-0.25, -0.2) is 8.42 Å². The van der Waals surface area contributed by atoms with E-state index in [1.807, 2.05) is 44.7 Å². The molecule has 0 saturated heterocycles. The molecule has 0 heterocycles. The number of rotatable bonds is 6. The second-order valence-corrected chi connectivity index (χ2v) is 10.0. The summed E-state index contributed by atoms with van der Waals surface area (Å²) in [5.74, 6) is 5.82. The van der Waals surface area contributed by atoms with Crippen molar-refractivity contribution in [2.24, 2.45) is 5.84 Å². The summed E-state index contributed by atoms with van der Waals surface area (Å²) in [6, 6.07) is 8.01. The van der Waals surface area contributed by atoms with E-state index in [0.29, 0.717) is 17.1 Å². The first-order chi connectivity index (χ1) is 14.7. The molecule has 0 aromatic heterocycles. The van der Waals surface area contributed by atoms with E-state index < -0.39 is 21.8 Å². The number of sulfonamides is 1. The van der Waals surface area contributed by atoms with Gasteiger partial charge in [-0.1, -0.05) is 65.8 Å². The van der Waals surface area contributed by atoms with Gasteiger partial charge < -0.3 is 0 Å². The number of halogens is 3. The summed E-state index contributed by atoms with van der Waals surface area (Å²) >= 11 is 0. The predicted molar refractivity (Wildman–Crippen MR) is 120 cm³/mol. The van der Waals surface area contributed by atoms with Crippen molar-refractivity contribution >= 4 is 16.3 Å². The zero-order chi connectivity index (χ0) is 24.9. The standard InChI is InChI=1S/C15H26N2O2S.C8H5F3O/c1-9(2)12-7-13(10(3)4)15(20(18,19)17-16)14(8-12)11(5)6;9-8(10,11)7-3-1-6(5-12)2-4-7/h7-11,17H,16H2,1-6H3;1-5H. The van der Waals surface area contributed by atoms with Crippen LogP contribution in [-0.2, 0) is 16.2 Å². The maximum Gasteiger partial charge on any atom is 0.416 e. The van der Waals surface area contributed by atoms with Crippen LogP contribution in [0.4, 0.5) is 13.2 Å². The number of nitrogens with two attached hydrogens (primary N) is 1. The van der Waals surface area contributed by atoms with Gasteiger partial charge in [-0.05, 0) is 46.6 Å². The van der Waals surface area contributed by atoms with Crippen molar-refractivity contribution in [2.45, 2.75) is 70.4 Å². The Bertz CT molecular complexity index is 985. The molecular weight excluding hydrogens is 441 g/mol. The van der Waals surface area contributed by atoms with Gasteiger partial charge in [-0.2, -0.15) is 18.0 Å². The highest BCUT2D eigenvalue weighted by Gasteiger charge is 2.30. The normalized spacial score (nSPS) is 12.2. The lowest BCUT2D eigenvalue weighted by Gasteiger charge is -2.22. The Morgan fingerprint density at radius 3 is 1.59 bits per heavy atom. The molecule has 0 saturated carbocycles. The first-order valence-corrected chi connectivity index (χ1v) is 11.7. The second-order valence-electron chi connectivity index (χ2n) is 8.35. The van der Waals surface area contributed by atoms with E-state index in [4.69, 9.17) is 5.84 Å². The van der Waals surface area contributed by atoms with Crippen LogP contribution in [0.25, 0.3) is 0 Å².